The molecule has 5 heteroatoms. The molecule has 0 aromatic heterocycles. The smallest absolute Gasteiger partial charge is 0.356 e. The molecule has 0 spiro atoms. The molecule has 0 fully saturated rings. The molecule has 20 heavy (non-hydrogen) atoms. The molecule has 0 amide bonds. The van der Waals surface area contributed by atoms with Crippen LogP contribution in [-0.2, 0) is 14.3 Å². The first-order valence-corrected chi connectivity index (χ1v) is 6.53. The van der Waals surface area contributed by atoms with E-state index in [1.165, 1.54) is 0 Å². The van der Waals surface area contributed by atoms with Crippen molar-refractivity contribution in [2.24, 2.45) is 5.73 Å². The minimum Gasteiger partial charge on any atom is -0.461 e. The van der Waals surface area contributed by atoms with E-state index in [4.69, 9.17) is 20.6 Å². The van der Waals surface area contributed by atoms with Gasteiger partial charge in [-0.25, -0.2) is 4.79 Å². The summed E-state index contributed by atoms with van der Waals surface area (Å²) in [5.41, 5.74) is 7.64. The molecule has 0 saturated carbocycles. The van der Waals surface area contributed by atoms with E-state index in [9.17, 15) is 4.79 Å². The number of carbonyl (C=O) groups excluding carboxylic acids is 1. The summed E-state index contributed by atoms with van der Waals surface area (Å²) < 4.78 is 10.5. The van der Waals surface area contributed by atoms with Crippen LogP contribution < -0.4 is 5.73 Å². The second-order valence-corrected chi connectivity index (χ2v) is 4.51. The lowest BCUT2D eigenvalue weighted by Gasteiger charge is -2.26. The maximum atomic E-state index is 11.7. The molecule has 1 aliphatic rings. The Bertz CT molecular complexity index is 537. The van der Waals surface area contributed by atoms with Gasteiger partial charge in [0.25, 0.3) is 0 Å². The van der Waals surface area contributed by atoms with Gasteiger partial charge < -0.3 is 15.2 Å². The number of ether oxygens (including phenoxy) is 2. The van der Waals surface area contributed by atoms with Gasteiger partial charge in [0.1, 0.15) is 5.71 Å². The quantitative estimate of drug-likeness (QED) is 0.649. The first-order valence-electron chi connectivity index (χ1n) is 6.53. The van der Waals surface area contributed by atoms with Gasteiger partial charge in [-0.3, -0.25) is 5.41 Å². The van der Waals surface area contributed by atoms with Crippen LogP contribution in [-0.4, -0.2) is 24.9 Å². The highest BCUT2D eigenvalue weighted by molar-refractivity contribution is 6.42. The minimum absolute atomic E-state index is 0.173. The van der Waals surface area contributed by atoms with Crippen molar-refractivity contribution in [2.45, 2.75) is 19.4 Å². The molecule has 1 atom stereocenters. The normalized spacial score (nSPS) is 18.8. The summed E-state index contributed by atoms with van der Waals surface area (Å²) in [5.74, 6) is -0.640. The number of esters is 1. The average Bonchev–Trinajstić information content (AvgIpc) is 2.48. The van der Waals surface area contributed by atoms with Crippen molar-refractivity contribution in [3.63, 3.8) is 0 Å². The van der Waals surface area contributed by atoms with Crippen LogP contribution in [0.1, 0.15) is 25.0 Å². The third-order valence-electron chi connectivity index (χ3n) is 3.17. The Morgan fingerprint density at radius 3 is 2.80 bits per heavy atom. The number of rotatable bonds is 4. The molecule has 1 unspecified atom stereocenters. The number of benzene rings is 1. The lowest BCUT2D eigenvalue weighted by atomic mass is 9.94. The van der Waals surface area contributed by atoms with Crippen molar-refractivity contribution in [3.05, 3.63) is 47.2 Å². The molecule has 0 aliphatic carbocycles. The van der Waals surface area contributed by atoms with E-state index in [1.807, 2.05) is 30.3 Å². The van der Waals surface area contributed by atoms with Crippen LogP contribution in [0.5, 0.6) is 0 Å². The fourth-order valence-electron chi connectivity index (χ4n) is 2.12. The van der Waals surface area contributed by atoms with Gasteiger partial charge in [0, 0.05) is 17.7 Å². The molecule has 3 N–H and O–H groups in total. The van der Waals surface area contributed by atoms with Crippen LogP contribution in [0.25, 0.3) is 0 Å². The van der Waals surface area contributed by atoms with Crippen molar-refractivity contribution in [1.29, 1.82) is 5.41 Å². The Hall–Kier alpha value is -2.14. The largest absolute Gasteiger partial charge is 0.461 e. The van der Waals surface area contributed by atoms with Crippen LogP contribution >= 0.6 is 0 Å². The molecule has 5 nitrogen and oxygen atoms in total. The molecule has 0 saturated heterocycles. The minimum atomic E-state index is -0.640. The molecule has 1 aromatic rings. The van der Waals surface area contributed by atoms with Crippen molar-refractivity contribution in [1.82, 2.24) is 0 Å². The van der Waals surface area contributed by atoms with E-state index in [-0.39, 0.29) is 25.0 Å². The van der Waals surface area contributed by atoms with Crippen LogP contribution in [0.3, 0.4) is 0 Å². The van der Waals surface area contributed by atoms with Gasteiger partial charge in [-0.05, 0) is 12.5 Å². The van der Waals surface area contributed by atoms with Crippen molar-refractivity contribution in [2.75, 3.05) is 13.2 Å². The number of hydrogen-bond donors (Lipinski definition) is 2. The molecular weight excluding hydrogens is 256 g/mol. The van der Waals surface area contributed by atoms with E-state index in [2.05, 4.69) is 0 Å². The molecular formula is C15H18N2O3. The summed E-state index contributed by atoms with van der Waals surface area (Å²) in [5, 5.41) is 7.91. The Balaban J connectivity index is 2.17. The van der Waals surface area contributed by atoms with Crippen molar-refractivity contribution < 1.29 is 14.3 Å². The number of carbonyl (C=O) groups is 1. The van der Waals surface area contributed by atoms with Gasteiger partial charge in [-0.15, -0.1) is 0 Å². The van der Waals surface area contributed by atoms with E-state index in [0.29, 0.717) is 17.7 Å². The van der Waals surface area contributed by atoms with Gasteiger partial charge in [-0.1, -0.05) is 30.3 Å². The monoisotopic (exact) mass is 274 g/mol. The zero-order chi connectivity index (χ0) is 14.5. The maximum Gasteiger partial charge on any atom is 0.356 e. The van der Waals surface area contributed by atoms with Crippen LogP contribution in [0, 0.1) is 5.41 Å². The van der Waals surface area contributed by atoms with Gasteiger partial charge in [-0.2, -0.15) is 0 Å². The van der Waals surface area contributed by atoms with Crippen molar-refractivity contribution in [3.8, 4) is 0 Å². The van der Waals surface area contributed by atoms with E-state index < -0.39 is 5.97 Å². The lowest BCUT2D eigenvalue weighted by Crippen LogP contribution is -2.28. The van der Waals surface area contributed by atoms with Crippen LogP contribution in [0.4, 0.5) is 0 Å². The standard InChI is InChI=1S/C15H18N2O3/c1-2-19-15(18)14(17)11-8-13(20-9-12(11)16)10-6-4-3-5-7-10/h3-7,13,17H,2,8-9,16H2,1H3. The second kappa shape index (κ2) is 6.34. The Labute approximate surface area is 117 Å². The summed E-state index contributed by atoms with van der Waals surface area (Å²) in [6, 6.07) is 9.70. The topological polar surface area (TPSA) is 85.4 Å². The molecule has 1 aromatic carbocycles. The van der Waals surface area contributed by atoms with E-state index >= 15 is 0 Å². The summed E-state index contributed by atoms with van der Waals surface area (Å²) >= 11 is 0. The molecule has 0 bridgehead atoms. The van der Waals surface area contributed by atoms with Crippen LogP contribution in [0.2, 0.25) is 0 Å². The molecule has 0 radical (unpaired) electrons. The molecule has 1 aliphatic heterocycles. The third kappa shape index (κ3) is 3.05. The fourth-order valence-corrected chi connectivity index (χ4v) is 2.12. The molecule has 106 valence electrons. The molecule has 1 heterocycles. The number of nitrogens with one attached hydrogen (secondary N) is 1. The highest BCUT2D eigenvalue weighted by atomic mass is 16.5. The van der Waals surface area contributed by atoms with Gasteiger partial charge in [0.2, 0.25) is 0 Å². The second-order valence-electron chi connectivity index (χ2n) is 4.51. The number of nitrogens with two attached hydrogens (primary N) is 1. The molecule has 2 rings (SSSR count). The highest BCUT2D eigenvalue weighted by Gasteiger charge is 2.27. The van der Waals surface area contributed by atoms with Gasteiger partial charge in [0.15, 0.2) is 0 Å². The van der Waals surface area contributed by atoms with Gasteiger partial charge in [0.05, 0.1) is 19.3 Å². The zero-order valence-corrected chi connectivity index (χ0v) is 11.4. The Kier molecular flexibility index (Phi) is 4.53. The number of hydrogen-bond acceptors (Lipinski definition) is 5. The fraction of sp³-hybridized carbons (Fsp3) is 0.333. The average molecular weight is 274 g/mol. The van der Waals surface area contributed by atoms with E-state index in [1.54, 1.807) is 6.92 Å². The summed E-state index contributed by atoms with van der Waals surface area (Å²) in [4.78, 5) is 11.7. The highest BCUT2D eigenvalue weighted by Crippen LogP contribution is 2.30. The summed E-state index contributed by atoms with van der Waals surface area (Å²) in [6.45, 7) is 2.17. The zero-order valence-electron chi connectivity index (χ0n) is 11.4. The summed E-state index contributed by atoms with van der Waals surface area (Å²) in [7, 11) is 0. The predicted octanol–water partition coefficient (Wildman–Crippen LogP) is 1.94. The lowest BCUT2D eigenvalue weighted by molar-refractivity contribution is -0.135. The third-order valence-corrected chi connectivity index (χ3v) is 3.17. The SMILES string of the molecule is CCOC(=O)C(=N)C1=C(N)COC(c2ccccc2)C1. The van der Waals surface area contributed by atoms with Crippen LogP contribution in [0.15, 0.2) is 41.6 Å². The first kappa shape index (κ1) is 14.3. The van der Waals surface area contributed by atoms with Crippen molar-refractivity contribution >= 4 is 11.7 Å². The van der Waals surface area contributed by atoms with E-state index in [0.717, 1.165) is 5.56 Å². The predicted molar refractivity (Wildman–Crippen MR) is 75.3 cm³/mol. The first-order chi connectivity index (χ1) is 9.63. The maximum absolute atomic E-state index is 11.7. The Morgan fingerprint density at radius 2 is 2.15 bits per heavy atom. The Morgan fingerprint density at radius 1 is 1.45 bits per heavy atom. The summed E-state index contributed by atoms with van der Waals surface area (Å²) in [6.07, 6.45) is 0.223. The van der Waals surface area contributed by atoms with Gasteiger partial charge >= 0.3 is 5.97 Å².